The fourth-order valence-electron chi connectivity index (χ4n) is 2.17. The fraction of sp³-hybridized carbons (Fsp3) is 0.688. The van der Waals surface area contributed by atoms with Crippen molar-refractivity contribution in [2.24, 2.45) is 13.0 Å². The lowest BCUT2D eigenvalue weighted by Crippen LogP contribution is -2.40. The number of hydrogen-bond acceptors (Lipinski definition) is 4. The summed E-state index contributed by atoms with van der Waals surface area (Å²) in [5, 5.41) is 9.67. The molecule has 0 fully saturated rings. The van der Waals surface area contributed by atoms with Crippen LogP contribution in [0.4, 0.5) is 0 Å². The second-order valence-corrected chi connectivity index (χ2v) is 6.44. The van der Waals surface area contributed by atoms with Gasteiger partial charge in [-0.25, -0.2) is 0 Å². The predicted octanol–water partition coefficient (Wildman–Crippen LogP) is 0.691. The number of nitrogens with one attached hydrogen (secondary N) is 2. The van der Waals surface area contributed by atoms with E-state index < -0.39 is 0 Å². The van der Waals surface area contributed by atoms with Gasteiger partial charge in [0.25, 0.3) is 0 Å². The molecule has 2 amide bonds. The van der Waals surface area contributed by atoms with Gasteiger partial charge in [-0.1, -0.05) is 13.8 Å². The number of nitrogens with zero attached hydrogens (tertiary/aromatic N) is 3. The Morgan fingerprint density at radius 3 is 2.48 bits per heavy atom. The van der Waals surface area contributed by atoms with Crippen molar-refractivity contribution < 1.29 is 9.59 Å². The Bertz CT molecular complexity index is 510. The Hall–Kier alpha value is -1.89. The first kappa shape index (κ1) is 19.2. The lowest BCUT2D eigenvalue weighted by Gasteiger charge is -2.23. The molecule has 130 valence electrons. The Morgan fingerprint density at radius 1 is 1.26 bits per heavy atom. The highest BCUT2D eigenvalue weighted by molar-refractivity contribution is 5.84. The van der Waals surface area contributed by atoms with Crippen molar-refractivity contribution in [2.75, 3.05) is 27.2 Å². The molecule has 0 saturated carbocycles. The number of aromatic nitrogens is 2. The quantitative estimate of drug-likeness (QED) is 0.701. The molecule has 0 bridgehead atoms. The topological polar surface area (TPSA) is 79.3 Å². The van der Waals surface area contributed by atoms with Crippen molar-refractivity contribution in [3.8, 4) is 0 Å². The zero-order chi connectivity index (χ0) is 17.4. The SMILES string of the molecule is CC(C)CCC(=O)NCC(=O)NC[C@@H](c1cnn(C)c1)N(C)C. The van der Waals surface area contributed by atoms with Gasteiger partial charge in [0.05, 0.1) is 18.8 Å². The average molecular weight is 323 g/mol. The molecule has 23 heavy (non-hydrogen) atoms. The van der Waals surface area contributed by atoms with E-state index in [-0.39, 0.29) is 24.4 Å². The summed E-state index contributed by atoms with van der Waals surface area (Å²) in [6, 6.07) is 0.0456. The summed E-state index contributed by atoms with van der Waals surface area (Å²) < 4.78 is 1.74. The first-order valence-corrected chi connectivity index (χ1v) is 7.98. The molecule has 1 aromatic heterocycles. The summed E-state index contributed by atoms with van der Waals surface area (Å²) in [6.07, 6.45) is 5.02. The first-order valence-electron chi connectivity index (χ1n) is 7.98. The number of aryl methyl sites for hydroxylation is 1. The maximum Gasteiger partial charge on any atom is 0.239 e. The summed E-state index contributed by atoms with van der Waals surface area (Å²) >= 11 is 0. The van der Waals surface area contributed by atoms with E-state index >= 15 is 0 Å². The number of hydrogen-bond donors (Lipinski definition) is 2. The largest absolute Gasteiger partial charge is 0.353 e. The van der Waals surface area contributed by atoms with Gasteiger partial charge in [-0.3, -0.25) is 14.3 Å². The summed E-state index contributed by atoms with van der Waals surface area (Å²) in [4.78, 5) is 25.5. The van der Waals surface area contributed by atoms with Crippen LogP contribution in [0.1, 0.15) is 38.3 Å². The lowest BCUT2D eigenvalue weighted by atomic mass is 10.1. The van der Waals surface area contributed by atoms with Gasteiger partial charge in [0.2, 0.25) is 11.8 Å². The van der Waals surface area contributed by atoms with Crippen molar-refractivity contribution in [2.45, 2.75) is 32.7 Å². The van der Waals surface area contributed by atoms with E-state index in [1.165, 1.54) is 0 Å². The van der Waals surface area contributed by atoms with Crippen molar-refractivity contribution in [1.29, 1.82) is 0 Å². The van der Waals surface area contributed by atoms with Gasteiger partial charge in [0, 0.05) is 31.8 Å². The molecule has 1 heterocycles. The highest BCUT2D eigenvalue weighted by atomic mass is 16.2. The number of likely N-dealkylation sites (N-methyl/N-ethyl adjacent to an activating group) is 1. The zero-order valence-corrected chi connectivity index (χ0v) is 14.8. The predicted molar refractivity (Wildman–Crippen MR) is 89.7 cm³/mol. The summed E-state index contributed by atoms with van der Waals surface area (Å²) in [5.74, 6) is 0.221. The van der Waals surface area contributed by atoms with Crippen LogP contribution in [0, 0.1) is 5.92 Å². The third kappa shape index (κ3) is 7.27. The Balaban J connectivity index is 2.37. The van der Waals surface area contributed by atoms with Gasteiger partial charge in [-0.05, 0) is 26.4 Å². The maximum atomic E-state index is 11.9. The van der Waals surface area contributed by atoms with Gasteiger partial charge < -0.3 is 15.5 Å². The van der Waals surface area contributed by atoms with Crippen LogP contribution in [-0.2, 0) is 16.6 Å². The summed E-state index contributed by atoms with van der Waals surface area (Å²) in [5.41, 5.74) is 1.04. The number of rotatable bonds is 9. The molecule has 7 nitrogen and oxygen atoms in total. The number of amides is 2. The van der Waals surface area contributed by atoms with Crippen LogP contribution in [0.3, 0.4) is 0 Å². The molecular formula is C16H29N5O2. The van der Waals surface area contributed by atoms with E-state index in [9.17, 15) is 9.59 Å². The molecule has 0 radical (unpaired) electrons. The first-order chi connectivity index (χ1) is 10.8. The maximum absolute atomic E-state index is 11.9. The highest BCUT2D eigenvalue weighted by Crippen LogP contribution is 2.15. The molecule has 0 aliphatic carbocycles. The Morgan fingerprint density at radius 2 is 1.96 bits per heavy atom. The van der Waals surface area contributed by atoms with Gasteiger partial charge in [0.15, 0.2) is 0 Å². The zero-order valence-electron chi connectivity index (χ0n) is 14.8. The van der Waals surface area contributed by atoms with Gasteiger partial charge in [-0.15, -0.1) is 0 Å². The van der Waals surface area contributed by atoms with Crippen LogP contribution in [0.15, 0.2) is 12.4 Å². The monoisotopic (exact) mass is 323 g/mol. The summed E-state index contributed by atoms with van der Waals surface area (Å²) in [7, 11) is 5.77. The van der Waals surface area contributed by atoms with Crippen LogP contribution < -0.4 is 10.6 Å². The minimum atomic E-state index is -0.182. The van der Waals surface area contributed by atoms with Crippen LogP contribution in [0.2, 0.25) is 0 Å². The standard InChI is InChI=1S/C16H29N5O2/c1-12(2)6-7-15(22)18-10-16(23)17-9-14(20(3)4)13-8-19-21(5)11-13/h8,11-12,14H,6-7,9-10H2,1-5H3,(H,17,23)(H,18,22)/t14-/m0/s1. The van der Waals surface area contributed by atoms with Crippen LogP contribution in [0.5, 0.6) is 0 Å². The fourth-order valence-corrected chi connectivity index (χ4v) is 2.17. The number of carbonyl (C=O) groups excluding carboxylic acids is 2. The van der Waals surface area contributed by atoms with Crippen molar-refractivity contribution in [3.05, 3.63) is 18.0 Å². The highest BCUT2D eigenvalue weighted by Gasteiger charge is 2.17. The van der Waals surface area contributed by atoms with E-state index in [0.29, 0.717) is 18.9 Å². The Labute approximate surface area is 138 Å². The van der Waals surface area contributed by atoms with Crippen LogP contribution in [-0.4, -0.2) is 53.7 Å². The molecule has 0 spiro atoms. The van der Waals surface area contributed by atoms with Crippen molar-refractivity contribution in [1.82, 2.24) is 25.3 Å². The molecular weight excluding hydrogens is 294 g/mol. The molecule has 0 aromatic carbocycles. The van der Waals surface area contributed by atoms with Crippen molar-refractivity contribution >= 4 is 11.8 Å². The van der Waals surface area contributed by atoms with E-state index in [2.05, 4.69) is 29.6 Å². The van der Waals surface area contributed by atoms with Crippen LogP contribution >= 0.6 is 0 Å². The molecule has 0 saturated heterocycles. The van der Waals surface area contributed by atoms with Crippen molar-refractivity contribution in [3.63, 3.8) is 0 Å². The second-order valence-electron chi connectivity index (χ2n) is 6.44. The minimum Gasteiger partial charge on any atom is -0.353 e. The van der Waals surface area contributed by atoms with E-state index in [4.69, 9.17) is 0 Å². The van der Waals surface area contributed by atoms with E-state index in [1.54, 1.807) is 10.9 Å². The van der Waals surface area contributed by atoms with Gasteiger partial charge in [0.1, 0.15) is 0 Å². The molecule has 0 aliphatic heterocycles. The molecule has 1 atom stereocenters. The molecule has 7 heteroatoms. The van der Waals surface area contributed by atoms with Crippen LogP contribution in [0.25, 0.3) is 0 Å². The third-order valence-corrected chi connectivity index (χ3v) is 3.62. The Kier molecular flexibility index (Phi) is 7.74. The molecule has 1 aromatic rings. The smallest absolute Gasteiger partial charge is 0.239 e. The van der Waals surface area contributed by atoms with Gasteiger partial charge in [-0.2, -0.15) is 5.10 Å². The average Bonchev–Trinajstić information content (AvgIpc) is 2.89. The molecule has 0 aliphatic rings. The van der Waals surface area contributed by atoms with Gasteiger partial charge >= 0.3 is 0 Å². The molecule has 0 unspecified atom stereocenters. The lowest BCUT2D eigenvalue weighted by molar-refractivity contribution is -0.126. The summed E-state index contributed by atoms with van der Waals surface area (Å²) in [6.45, 7) is 4.63. The molecule has 1 rings (SSSR count). The normalized spacial score (nSPS) is 12.5. The number of carbonyl (C=O) groups is 2. The minimum absolute atomic E-state index is 0.0180. The molecule has 2 N–H and O–H groups in total. The second kappa shape index (κ2) is 9.29. The van der Waals surface area contributed by atoms with E-state index in [0.717, 1.165) is 12.0 Å². The van der Waals surface area contributed by atoms with E-state index in [1.807, 2.05) is 32.2 Å². The third-order valence-electron chi connectivity index (χ3n) is 3.62.